The van der Waals surface area contributed by atoms with E-state index in [1.807, 2.05) is 0 Å². The van der Waals surface area contributed by atoms with Crippen molar-refractivity contribution in [3.05, 3.63) is 27.8 Å². The maximum absolute atomic E-state index is 12.8. The van der Waals surface area contributed by atoms with Gasteiger partial charge in [0.15, 0.2) is 11.5 Å². The normalized spacial score (nSPS) is 15.1. The van der Waals surface area contributed by atoms with Crippen molar-refractivity contribution in [3.63, 3.8) is 0 Å². The van der Waals surface area contributed by atoms with Crippen LogP contribution in [-0.2, 0) is 4.79 Å². The number of nitrogens with zero attached hydrogens (tertiary/aromatic N) is 2. The molecule has 1 aliphatic rings. The van der Waals surface area contributed by atoms with Gasteiger partial charge in [-0.2, -0.15) is 0 Å². The number of carbonyl (C=O) groups is 2. The molecule has 1 fully saturated rings. The zero-order valence-corrected chi connectivity index (χ0v) is 20.2. The van der Waals surface area contributed by atoms with Crippen LogP contribution in [0.15, 0.2) is 12.1 Å². The van der Waals surface area contributed by atoms with Crippen LogP contribution in [0.5, 0.6) is 11.5 Å². The molecule has 31 heavy (non-hydrogen) atoms. The number of nitro benzene ring substituents is 1. The number of unbranched alkanes of at least 4 members (excludes halogenated alkanes) is 3. The van der Waals surface area contributed by atoms with Crippen molar-refractivity contribution in [2.75, 3.05) is 25.6 Å². The first kappa shape index (κ1) is 26.9. The van der Waals surface area contributed by atoms with E-state index < -0.39 is 16.9 Å². The zero-order valence-electron chi connectivity index (χ0n) is 18.6. The van der Waals surface area contributed by atoms with Crippen molar-refractivity contribution in [2.45, 2.75) is 64.8 Å². The quantitative estimate of drug-likeness (QED) is 0.137. The Balaban J connectivity index is 0.00000110. The predicted molar refractivity (Wildman–Crippen MR) is 123 cm³/mol. The Morgan fingerprint density at radius 2 is 1.97 bits per heavy atom. The van der Waals surface area contributed by atoms with Crippen LogP contribution in [0.25, 0.3) is 0 Å². The van der Waals surface area contributed by atoms with Crippen LogP contribution in [0.2, 0.25) is 0 Å². The van der Waals surface area contributed by atoms with E-state index in [0.717, 1.165) is 24.6 Å². The summed E-state index contributed by atoms with van der Waals surface area (Å²) in [6.07, 6.45) is 7.39. The number of ether oxygens (including phenoxy) is 2. The first-order valence-electron chi connectivity index (χ1n) is 10.8. The number of benzene rings is 1. The Labute approximate surface area is 192 Å². The average molecular weight is 501 g/mol. The van der Waals surface area contributed by atoms with Crippen molar-refractivity contribution in [3.8, 4) is 11.5 Å². The standard InChI is InChI=1S/C18H23BrN2O6.C4H10/c1-26-16-10-14(18(23)20-8-5-6-13(20)12-22)15(21(24)25)11-17(16)27-9-4-2-3-7-19;1-3-4-2/h10-13H,2-9H2,1H3;3-4H2,1-2H3/t13-;/m0./s1. The highest BCUT2D eigenvalue weighted by Gasteiger charge is 2.34. The van der Waals surface area contributed by atoms with Crippen LogP contribution < -0.4 is 9.47 Å². The summed E-state index contributed by atoms with van der Waals surface area (Å²) in [7, 11) is 1.41. The fourth-order valence-electron chi connectivity index (χ4n) is 3.04. The van der Waals surface area contributed by atoms with Crippen molar-refractivity contribution >= 4 is 33.8 Å². The number of amides is 1. The molecule has 174 valence electrons. The van der Waals surface area contributed by atoms with E-state index in [0.29, 0.717) is 32.3 Å². The zero-order chi connectivity index (χ0) is 23.2. The molecule has 0 saturated carbocycles. The highest BCUT2D eigenvalue weighted by Crippen LogP contribution is 2.36. The van der Waals surface area contributed by atoms with Gasteiger partial charge in [-0.1, -0.05) is 42.6 Å². The van der Waals surface area contributed by atoms with Crippen LogP contribution >= 0.6 is 15.9 Å². The fraction of sp³-hybridized carbons (Fsp3) is 0.636. The number of likely N-dealkylation sites (tertiary alicyclic amines) is 1. The number of methoxy groups -OCH3 is 1. The second-order valence-electron chi connectivity index (χ2n) is 7.22. The number of halogens is 1. The van der Waals surface area contributed by atoms with E-state index >= 15 is 0 Å². The third kappa shape index (κ3) is 8.12. The fourth-order valence-corrected chi connectivity index (χ4v) is 3.44. The molecule has 0 radical (unpaired) electrons. The van der Waals surface area contributed by atoms with Gasteiger partial charge >= 0.3 is 0 Å². The monoisotopic (exact) mass is 500 g/mol. The summed E-state index contributed by atoms with van der Waals surface area (Å²) in [6, 6.07) is 2.00. The van der Waals surface area contributed by atoms with Gasteiger partial charge in [0, 0.05) is 17.9 Å². The minimum atomic E-state index is -0.615. The largest absolute Gasteiger partial charge is 0.493 e. The molecule has 0 aromatic heterocycles. The van der Waals surface area contributed by atoms with E-state index in [4.69, 9.17) is 9.47 Å². The smallest absolute Gasteiger partial charge is 0.286 e. The van der Waals surface area contributed by atoms with Crippen LogP contribution in [0.4, 0.5) is 5.69 Å². The van der Waals surface area contributed by atoms with Gasteiger partial charge in [-0.05, 0) is 32.1 Å². The minimum Gasteiger partial charge on any atom is -0.493 e. The molecule has 1 aromatic rings. The summed E-state index contributed by atoms with van der Waals surface area (Å²) in [4.78, 5) is 36.3. The lowest BCUT2D eigenvalue weighted by molar-refractivity contribution is -0.385. The van der Waals surface area contributed by atoms with Crippen LogP contribution in [-0.4, -0.2) is 53.6 Å². The molecular weight excluding hydrogens is 468 g/mol. The van der Waals surface area contributed by atoms with Crippen molar-refractivity contribution < 1.29 is 24.0 Å². The van der Waals surface area contributed by atoms with E-state index in [9.17, 15) is 19.7 Å². The van der Waals surface area contributed by atoms with Gasteiger partial charge in [-0.25, -0.2) is 0 Å². The van der Waals surface area contributed by atoms with Gasteiger partial charge in [0.1, 0.15) is 11.8 Å². The maximum Gasteiger partial charge on any atom is 0.286 e. The van der Waals surface area contributed by atoms with Crippen LogP contribution in [0.3, 0.4) is 0 Å². The molecule has 1 heterocycles. The molecule has 1 atom stereocenters. The Kier molecular flexibility index (Phi) is 12.8. The van der Waals surface area contributed by atoms with E-state index in [2.05, 4.69) is 29.8 Å². The van der Waals surface area contributed by atoms with E-state index in [1.54, 1.807) is 0 Å². The van der Waals surface area contributed by atoms with Crippen LogP contribution in [0, 0.1) is 10.1 Å². The molecule has 2 rings (SSSR count). The minimum absolute atomic E-state index is 0.0998. The Morgan fingerprint density at radius 3 is 2.52 bits per heavy atom. The molecule has 0 unspecified atom stereocenters. The Bertz CT molecular complexity index is 726. The number of carbonyl (C=O) groups excluding carboxylic acids is 2. The summed E-state index contributed by atoms with van der Waals surface area (Å²) in [5.41, 5.74) is -0.454. The maximum atomic E-state index is 12.8. The number of nitro groups is 1. The molecular formula is C22H33BrN2O6. The summed E-state index contributed by atoms with van der Waals surface area (Å²) < 4.78 is 10.9. The molecule has 0 spiro atoms. The summed E-state index contributed by atoms with van der Waals surface area (Å²) in [5.74, 6) is -0.0577. The molecule has 9 heteroatoms. The lowest BCUT2D eigenvalue weighted by Gasteiger charge is -2.21. The SMILES string of the molecule is CCCC.COc1cc(C(=O)N2CCC[C@H]2C=O)c([N+](=O)[O-])cc1OCCCCCBr. The molecule has 1 aromatic carbocycles. The van der Waals surface area contributed by atoms with Crippen LogP contribution in [0.1, 0.15) is 69.2 Å². The first-order chi connectivity index (χ1) is 14.9. The second kappa shape index (κ2) is 14.8. The summed E-state index contributed by atoms with van der Waals surface area (Å²) >= 11 is 3.36. The number of aldehydes is 1. The summed E-state index contributed by atoms with van der Waals surface area (Å²) in [6.45, 7) is 5.15. The Morgan fingerprint density at radius 1 is 1.26 bits per heavy atom. The number of rotatable bonds is 11. The second-order valence-corrected chi connectivity index (χ2v) is 8.01. The molecule has 8 nitrogen and oxygen atoms in total. The first-order valence-corrected chi connectivity index (χ1v) is 11.9. The van der Waals surface area contributed by atoms with Gasteiger partial charge in [-0.15, -0.1) is 0 Å². The molecule has 1 aliphatic heterocycles. The molecule has 0 bridgehead atoms. The van der Waals surface area contributed by atoms with Gasteiger partial charge in [0.05, 0.1) is 30.7 Å². The van der Waals surface area contributed by atoms with Gasteiger partial charge in [0.25, 0.3) is 11.6 Å². The van der Waals surface area contributed by atoms with Gasteiger partial charge in [0.2, 0.25) is 0 Å². The number of hydrogen-bond donors (Lipinski definition) is 0. The molecule has 0 aliphatic carbocycles. The number of hydrogen-bond acceptors (Lipinski definition) is 6. The lowest BCUT2D eigenvalue weighted by atomic mass is 10.1. The van der Waals surface area contributed by atoms with Crippen molar-refractivity contribution in [1.82, 2.24) is 4.90 Å². The average Bonchev–Trinajstić information content (AvgIpc) is 3.27. The highest BCUT2D eigenvalue weighted by molar-refractivity contribution is 9.09. The molecule has 1 saturated heterocycles. The Hall–Kier alpha value is -2.16. The summed E-state index contributed by atoms with van der Waals surface area (Å²) in [5, 5.41) is 12.4. The number of alkyl halides is 1. The van der Waals surface area contributed by atoms with E-state index in [-0.39, 0.29) is 22.7 Å². The lowest BCUT2D eigenvalue weighted by Crippen LogP contribution is -2.36. The van der Waals surface area contributed by atoms with E-state index in [1.165, 1.54) is 37.0 Å². The third-order valence-electron chi connectivity index (χ3n) is 4.96. The van der Waals surface area contributed by atoms with Gasteiger partial charge in [-0.3, -0.25) is 14.9 Å². The van der Waals surface area contributed by atoms with Crippen molar-refractivity contribution in [1.29, 1.82) is 0 Å². The highest BCUT2D eigenvalue weighted by atomic mass is 79.9. The topological polar surface area (TPSA) is 99.0 Å². The third-order valence-corrected chi connectivity index (χ3v) is 5.52. The van der Waals surface area contributed by atoms with Gasteiger partial charge < -0.3 is 19.2 Å². The predicted octanol–water partition coefficient (Wildman–Crippen LogP) is 5.16. The molecule has 0 N–H and O–H groups in total. The van der Waals surface area contributed by atoms with Crippen molar-refractivity contribution in [2.24, 2.45) is 0 Å². The molecule has 1 amide bonds.